The van der Waals surface area contributed by atoms with Gasteiger partial charge in [-0.3, -0.25) is 9.59 Å². The Morgan fingerprint density at radius 2 is 1.73 bits per heavy atom. The first kappa shape index (κ1) is 20.7. The highest BCUT2D eigenvalue weighted by Crippen LogP contribution is 2.28. The lowest BCUT2D eigenvalue weighted by Gasteiger charge is -2.32. The van der Waals surface area contributed by atoms with Gasteiger partial charge in [0.05, 0.1) is 0 Å². The fourth-order valence-corrected chi connectivity index (χ4v) is 3.28. The number of hydrogen-bond acceptors (Lipinski definition) is 3. The lowest BCUT2D eigenvalue weighted by Crippen LogP contribution is -2.45. The van der Waals surface area contributed by atoms with Crippen molar-refractivity contribution in [3.05, 3.63) is 35.9 Å². The van der Waals surface area contributed by atoms with Gasteiger partial charge in [-0.2, -0.15) is 0 Å². The number of benzene rings is 1. The molecule has 1 aliphatic carbocycles. The predicted molar refractivity (Wildman–Crippen MR) is 106 cm³/mol. The normalized spacial score (nSPS) is 17.5. The van der Waals surface area contributed by atoms with Crippen LogP contribution in [0.2, 0.25) is 0 Å². The SMILES string of the molecule is Cl.O=C(NCCCC(=O)N1CCC(NCC2CC2)CC1)c1ccccc1. The molecule has 1 aromatic rings. The fraction of sp³-hybridized carbons (Fsp3) is 0.600. The number of hydrogen-bond donors (Lipinski definition) is 2. The third kappa shape index (κ3) is 6.61. The van der Waals surface area contributed by atoms with E-state index in [1.807, 2.05) is 23.1 Å². The van der Waals surface area contributed by atoms with Gasteiger partial charge in [-0.15, -0.1) is 12.4 Å². The molecule has 1 saturated carbocycles. The summed E-state index contributed by atoms with van der Waals surface area (Å²) < 4.78 is 0. The first-order chi connectivity index (χ1) is 12.2. The standard InChI is InChI=1S/C20H29N3O2.ClH/c24-19(7-4-12-21-20(25)17-5-2-1-3-6-17)23-13-10-18(11-14-23)22-15-16-8-9-16;/h1-3,5-6,16,18,22H,4,7-15H2,(H,21,25);1H. The van der Waals surface area contributed by atoms with Crippen LogP contribution in [0.4, 0.5) is 0 Å². The molecule has 0 atom stereocenters. The van der Waals surface area contributed by atoms with Gasteiger partial charge in [0.2, 0.25) is 5.91 Å². The van der Waals surface area contributed by atoms with E-state index in [2.05, 4.69) is 10.6 Å². The molecule has 6 heteroatoms. The maximum Gasteiger partial charge on any atom is 0.251 e. The zero-order valence-corrected chi connectivity index (χ0v) is 16.1. The summed E-state index contributed by atoms with van der Waals surface area (Å²) in [7, 11) is 0. The predicted octanol–water partition coefficient (Wildman–Crippen LogP) is 2.61. The minimum atomic E-state index is -0.0735. The molecule has 2 N–H and O–H groups in total. The van der Waals surface area contributed by atoms with E-state index in [1.165, 1.54) is 12.8 Å². The second-order valence-electron chi connectivity index (χ2n) is 7.23. The van der Waals surface area contributed by atoms with Crippen LogP contribution >= 0.6 is 12.4 Å². The zero-order valence-electron chi connectivity index (χ0n) is 15.3. The molecule has 1 aromatic carbocycles. The molecule has 5 nitrogen and oxygen atoms in total. The summed E-state index contributed by atoms with van der Waals surface area (Å²) >= 11 is 0. The number of carbonyl (C=O) groups excluding carboxylic acids is 2. The third-order valence-electron chi connectivity index (χ3n) is 5.13. The molecule has 3 rings (SSSR count). The molecule has 0 unspecified atom stereocenters. The van der Waals surface area contributed by atoms with Crippen molar-refractivity contribution in [2.24, 2.45) is 5.92 Å². The van der Waals surface area contributed by atoms with E-state index in [9.17, 15) is 9.59 Å². The molecule has 144 valence electrons. The van der Waals surface area contributed by atoms with Crippen LogP contribution in [0.25, 0.3) is 0 Å². The molecule has 1 aliphatic heterocycles. The van der Waals surface area contributed by atoms with E-state index in [-0.39, 0.29) is 24.2 Å². The molecule has 26 heavy (non-hydrogen) atoms. The highest BCUT2D eigenvalue weighted by molar-refractivity contribution is 5.94. The summed E-state index contributed by atoms with van der Waals surface area (Å²) in [5.74, 6) is 1.05. The monoisotopic (exact) mass is 379 g/mol. The Bertz CT molecular complexity index is 570. The van der Waals surface area contributed by atoms with Crippen LogP contribution in [-0.4, -0.2) is 48.9 Å². The largest absolute Gasteiger partial charge is 0.352 e. The second-order valence-corrected chi connectivity index (χ2v) is 7.23. The first-order valence-electron chi connectivity index (χ1n) is 9.57. The summed E-state index contributed by atoms with van der Waals surface area (Å²) in [5, 5.41) is 6.52. The number of rotatable bonds is 8. The van der Waals surface area contributed by atoms with Crippen molar-refractivity contribution in [1.29, 1.82) is 0 Å². The summed E-state index contributed by atoms with van der Waals surface area (Å²) in [6, 6.07) is 9.75. The quantitative estimate of drug-likeness (QED) is 0.682. The van der Waals surface area contributed by atoms with Crippen LogP contribution in [-0.2, 0) is 4.79 Å². The lowest BCUT2D eigenvalue weighted by atomic mass is 10.0. The van der Waals surface area contributed by atoms with Crippen molar-refractivity contribution in [3.8, 4) is 0 Å². The number of amides is 2. The van der Waals surface area contributed by atoms with Crippen LogP contribution in [0.15, 0.2) is 30.3 Å². The van der Waals surface area contributed by atoms with Crippen LogP contribution in [0, 0.1) is 5.92 Å². The third-order valence-corrected chi connectivity index (χ3v) is 5.13. The van der Waals surface area contributed by atoms with Crippen molar-refractivity contribution in [1.82, 2.24) is 15.5 Å². The number of piperidine rings is 1. The Labute approximate surface area is 162 Å². The molecular formula is C20H30ClN3O2. The number of nitrogens with one attached hydrogen (secondary N) is 2. The molecule has 0 spiro atoms. The lowest BCUT2D eigenvalue weighted by molar-refractivity contribution is -0.132. The molecule has 0 radical (unpaired) electrons. The molecule has 2 aliphatic rings. The van der Waals surface area contributed by atoms with Gasteiger partial charge in [-0.1, -0.05) is 18.2 Å². The van der Waals surface area contributed by atoms with Crippen LogP contribution in [0.3, 0.4) is 0 Å². The highest BCUT2D eigenvalue weighted by atomic mass is 35.5. The van der Waals surface area contributed by atoms with Gasteiger partial charge in [-0.05, 0) is 56.7 Å². The highest BCUT2D eigenvalue weighted by Gasteiger charge is 2.25. The summed E-state index contributed by atoms with van der Waals surface area (Å²) in [4.78, 5) is 26.2. The minimum Gasteiger partial charge on any atom is -0.352 e. The molecular weight excluding hydrogens is 350 g/mol. The smallest absolute Gasteiger partial charge is 0.251 e. The average molecular weight is 380 g/mol. The Morgan fingerprint density at radius 1 is 1.04 bits per heavy atom. The maximum absolute atomic E-state index is 12.3. The minimum absolute atomic E-state index is 0. The van der Waals surface area contributed by atoms with Gasteiger partial charge in [0.25, 0.3) is 5.91 Å². The molecule has 1 saturated heterocycles. The summed E-state index contributed by atoms with van der Waals surface area (Å²) in [6.07, 6.45) is 6.08. The zero-order chi connectivity index (χ0) is 17.5. The fourth-order valence-electron chi connectivity index (χ4n) is 3.28. The second kappa shape index (κ2) is 10.5. The number of likely N-dealkylation sites (tertiary alicyclic amines) is 1. The van der Waals surface area contributed by atoms with Crippen molar-refractivity contribution < 1.29 is 9.59 Å². The molecule has 2 fully saturated rings. The van der Waals surface area contributed by atoms with E-state index in [0.717, 1.165) is 38.4 Å². The van der Waals surface area contributed by atoms with Gasteiger partial charge in [0, 0.05) is 37.7 Å². The van der Waals surface area contributed by atoms with Crippen molar-refractivity contribution in [2.45, 2.75) is 44.6 Å². The molecule has 1 heterocycles. The van der Waals surface area contributed by atoms with E-state index in [0.29, 0.717) is 31.0 Å². The van der Waals surface area contributed by atoms with Gasteiger partial charge >= 0.3 is 0 Å². The van der Waals surface area contributed by atoms with Crippen molar-refractivity contribution in [2.75, 3.05) is 26.2 Å². The van der Waals surface area contributed by atoms with E-state index in [4.69, 9.17) is 0 Å². The van der Waals surface area contributed by atoms with Crippen LogP contribution in [0.1, 0.15) is 48.9 Å². The first-order valence-corrected chi connectivity index (χ1v) is 9.57. The maximum atomic E-state index is 12.3. The Balaban J connectivity index is 0.00000243. The number of halogens is 1. The average Bonchev–Trinajstić information content (AvgIpc) is 3.49. The van der Waals surface area contributed by atoms with Crippen LogP contribution < -0.4 is 10.6 Å². The Kier molecular flexibility index (Phi) is 8.39. The number of carbonyl (C=O) groups is 2. The molecule has 0 bridgehead atoms. The van der Waals surface area contributed by atoms with Crippen LogP contribution in [0.5, 0.6) is 0 Å². The topological polar surface area (TPSA) is 61.4 Å². The van der Waals surface area contributed by atoms with Crippen molar-refractivity contribution >= 4 is 24.2 Å². The van der Waals surface area contributed by atoms with Crippen molar-refractivity contribution in [3.63, 3.8) is 0 Å². The van der Waals surface area contributed by atoms with E-state index < -0.39 is 0 Å². The van der Waals surface area contributed by atoms with E-state index in [1.54, 1.807) is 12.1 Å². The van der Waals surface area contributed by atoms with Gasteiger partial charge in [-0.25, -0.2) is 0 Å². The molecule has 0 aromatic heterocycles. The van der Waals surface area contributed by atoms with Gasteiger partial charge < -0.3 is 15.5 Å². The molecule has 2 amide bonds. The number of nitrogens with zero attached hydrogens (tertiary/aromatic N) is 1. The van der Waals surface area contributed by atoms with Gasteiger partial charge in [0.1, 0.15) is 0 Å². The van der Waals surface area contributed by atoms with E-state index >= 15 is 0 Å². The summed E-state index contributed by atoms with van der Waals surface area (Å²) in [5.41, 5.74) is 0.662. The Hall–Kier alpha value is -1.59. The summed E-state index contributed by atoms with van der Waals surface area (Å²) in [6.45, 7) is 3.41. The van der Waals surface area contributed by atoms with Gasteiger partial charge in [0.15, 0.2) is 0 Å². The Morgan fingerprint density at radius 3 is 2.38 bits per heavy atom.